The van der Waals surface area contributed by atoms with E-state index in [1.807, 2.05) is 12.1 Å². The molecular formula is C16H23NO2. The molecule has 1 aromatic carbocycles. The van der Waals surface area contributed by atoms with Gasteiger partial charge in [0, 0.05) is 24.1 Å². The van der Waals surface area contributed by atoms with Crippen molar-refractivity contribution in [2.75, 3.05) is 13.7 Å². The molecule has 0 aromatic heterocycles. The SMILES string of the molecule is CCCNC1CC2(CCC2)Oc2cc(OC)ccc21. The van der Waals surface area contributed by atoms with Crippen LogP contribution in [-0.4, -0.2) is 19.3 Å². The minimum atomic E-state index is 0.0881. The van der Waals surface area contributed by atoms with E-state index in [-0.39, 0.29) is 5.60 Å². The maximum absolute atomic E-state index is 6.29. The number of nitrogens with one attached hydrogen (secondary N) is 1. The Morgan fingerprint density at radius 3 is 2.89 bits per heavy atom. The fourth-order valence-corrected chi connectivity index (χ4v) is 3.15. The molecule has 0 bridgehead atoms. The zero-order valence-corrected chi connectivity index (χ0v) is 11.9. The lowest BCUT2D eigenvalue weighted by Crippen LogP contribution is -2.49. The first kappa shape index (κ1) is 12.8. The van der Waals surface area contributed by atoms with E-state index in [0.717, 1.165) is 30.9 Å². The van der Waals surface area contributed by atoms with Crippen LogP contribution in [0.3, 0.4) is 0 Å². The molecule has 1 aromatic rings. The molecule has 1 atom stereocenters. The number of rotatable bonds is 4. The summed E-state index contributed by atoms with van der Waals surface area (Å²) in [6, 6.07) is 6.64. The molecule has 0 amide bonds. The van der Waals surface area contributed by atoms with Crippen molar-refractivity contribution >= 4 is 0 Å². The van der Waals surface area contributed by atoms with Crippen LogP contribution in [0.15, 0.2) is 18.2 Å². The summed E-state index contributed by atoms with van der Waals surface area (Å²) in [6.45, 7) is 3.27. The van der Waals surface area contributed by atoms with E-state index in [1.165, 1.54) is 24.8 Å². The van der Waals surface area contributed by atoms with Gasteiger partial charge in [-0.05, 0) is 38.3 Å². The first-order chi connectivity index (χ1) is 9.26. The predicted molar refractivity (Wildman–Crippen MR) is 75.9 cm³/mol. The van der Waals surface area contributed by atoms with Gasteiger partial charge >= 0.3 is 0 Å². The summed E-state index contributed by atoms with van der Waals surface area (Å²) in [6.07, 6.45) is 5.93. The number of methoxy groups -OCH3 is 1. The summed E-state index contributed by atoms with van der Waals surface area (Å²) < 4.78 is 11.6. The van der Waals surface area contributed by atoms with E-state index in [1.54, 1.807) is 7.11 Å². The van der Waals surface area contributed by atoms with Crippen LogP contribution in [0.25, 0.3) is 0 Å². The summed E-state index contributed by atoms with van der Waals surface area (Å²) in [5, 5.41) is 3.67. The molecule has 2 aliphatic rings. The Kier molecular flexibility index (Phi) is 3.40. The number of ether oxygens (including phenoxy) is 2. The van der Waals surface area contributed by atoms with Crippen LogP contribution in [-0.2, 0) is 0 Å². The normalized spacial score (nSPS) is 23.4. The van der Waals surface area contributed by atoms with E-state index >= 15 is 0 Å². The van der Waals surface area contributed by atoms with Gasteiger partial charge in [-0.1, -0.05) is 13.0 Å². The molecule has 1 fully saturated rings. The summed E-state index contributed by atoms with van der Waals surface area (Å²) in [5.74, 6) is 1.89. The van der Waals surface area contributed by atoms with E-state index in [2.05, 4.69) is 18.3 Å². The minimum absolute atomic E-state index is 0.0881. The molecule has 3 nitrogen and oxygen atoms in total. The third-order valence-electron chi connectivity index (χ3n) is 4.40. The third-order valence-corrected chi connectivity index (χ3v) is 4.40. The van der Waals surface area contributed by atoms with Crippen molar-refractivity contribution in [1.29, 1.82) is 0 Å². The third kappa shape index (κ3) is 2.32. The molecule has 1 heterocycles. The smallest absolute Gasteiger partial charge is 0.128 e. The zero-order valence-electron chi connectivity index (χ0n) is 11.9. The Balaban J connectivity index is 1.90. The van der Waals surface area contributed by atoms with E-state index in [9.17, 15) is 0 Å². The van der Waals surface area contributed by atoms with Crippen molar-refractivity contribution in [1.82, 2.24) is 5.32 Å². The highest BCUT2D eigenvalue weighted by atomic mass is 16.5. The van der Waals surface area contributed by atoms with Crippen molar-refractivity contribution < 1.29 is 9.47 Å². The number of hydrogen-bond acceptors (Lipinski definition) is 3. The van der Waals surface area contributed by atoms with Crippen LogP contribution in [0, 0.1) is 0 Å². The molecule has 3 heteroatoms. The molecule has 1 aliphatic carbocycles. The van der Waals surface area contributed by atoms with Crippen LogP contribution >= 0.6 is 0 Å². The molecule has 1 unspecified atom stereocenters. The monoisotopic (exact) mass is 261 g/mol. The van der Waals surface area contributed by atoms with Crippen LogP contribution in [0.2, 0.25) is 0 Å². The molecule has 19 heavy (non-hydrogen) atoms. The Hall–Kier alpha value is -1.22. The molecule has 3 rings (SSSR count). The van der Waals surface area contributed by atoms with Gasteiger partial charge in [0.2, 0.25) is 0 Å². The van der Waals surface area contributed by atoms with Crippen molar-refractivity contribution in [3.05, 3.63) is 23.8 Å². The fourth-order valence-electron chi connectivity index (χ4n) is 3.15. The van der Waals surface area contributed by atoms with Gasteiger partial charge in [0.15, 0.2) is 0 Å². The number of hydrogen-bond donors (Lipinski definition) is 1. The van der Waals surface area contributed by atoms with Gasteiger partial charge in [0.1, 0.15) is 17.1 Å². The quantitative estimate of drug-likeness (QED) is 0.900. The van der Waals surface area contributed by atoms with Crippen LogP contribution < -0.4 is 14.8 Å². The Morgan fingerprint density at radius 2 is 2.26 bits per heavy atom. The van der Waals surface area contributed by atoms with E-state index in [4.69, 9.17) is 9.47 Å². The van der Waals surface area contributed by atoms with Gasteiger partial charge in [0.25, 0.3) is 0 Å². The predicted octanol–water partition coefficient (Wildman–Crippen LogP) is 3.44. The Labute approximate surface area is 115 Å². The van der Waals surface area contributed by atoms with Gasteiger partial charge in [-0.2, -0.15) is 0 Å². The van der Waals surface area contributed by atoms with Gasteiger partial charge < -0.3 is 14.8 Å². The van der Waals surface area contributed by atoms with Crippen LogP contribution in [0.4, 0.5) is 0 Å². The standard InChI is InChI=1S/C16H23NO2/c1-3-9-17-14-11-16(7-4-8-16)19-15-10-12(18-2)5-6-13(14)15/h5-6,10,14,17H,3-4,7-9,11H2,1-2H3. The van der Waals surface area contributed by atoms with Gasteiger partial charge in [0.05, 0.1) is 7.11 Å². The highest BCUT2D eigenvalue weighted by molar-refractivity contribution is 5.45. The van der Waals surface area contributed by atoms with Crippen LogP contribution in [0.1, 0.15) is 50.6 Å². The lowest BCUT2D eigenvalue weighted by molar-refractivity contribution is -0.0369. The fraction of sp³-hybridized carbons (Fsp3) is 0.625. The highest BCUT2D eigenvalue weighted by Crippen LogP contribution is 2.49. The van der Waals surface area contributed by atoms with Gasteiger partial charge in [-0.3, -0.25) is 0 Å². The first-order valence-corrected chi connectivity index (χ1v) is 7.37. The van der Waals surface area contributed by atoms with Gasteiger partial charge in [-0.25, -0.2) is 0 Å². The molecule has 0 radical (unpaired) electrons. The second kappa shape index (κ2) is 5.04. The molecule has 1 aliphatic heterocycles. The largest absolute Gasteiger partial charge is 0.497 e. The maximum atomic E-state index is 6.29. The summed E-state index contributed by atoms with van der Waals surface area (Å²) in [7, 11) is 1.70. The Bertz CT molecular complexity index is 454. The molecule has 1 spiro atoms. The van der Waals surface area contributed by atoms with Crippen molar-refractivity contribution in [2.45, 2.75) is 50.7 Å². The van der Waals surface area contributed by atoms with Crippen molar-refractivity contribution in [2.24, 2.45) is 0 Å². The average molecular weight is 261 g/mol. The van der Waals surface area contributed by atoms with Crippen molar-refractivity contribution in [3.63, 3.8) is 0 Å². The summed E-state index contributed by atoms with van der Waals surface area (Å²) in [4.78, 5) is 0. The lowest BCUT2D eigenvalue weighted by atomic mass is 9.73. The highest BCUT2D eigenvalue weighted by Gasteiger charge is 2.45. The van der Waals surface area contributed by atoms with E-state index in [0.29, 0.717) is 6.04 Å². The van der Waals surface area contributed by atoms with Gasteiger partial charge in [-0.15, -0.1) is 0 Å². The minimum Gasteiger partial charge on any atom is -0.497 e. The van der Waals surface area contributed by atoms with Crippen molar-refractivity contribution in [3.8, 4) is 11.5 Å². The maximum Gasteiger partial charge on any atom is 0.128 e. The second-order valence-corrected chi connectivity index (χ2v) is 5.75. The first-order valence-electron chi connectivity index (χ1n) is 7.37. The molecule has 0 saturated heterocycles. The summed E-state index contributed by atoms with van der Waals surface area (Å²) >= 11 is 0. The summed E-state index contributed by atoms with van der Waals surface area (Å²) in [5.41, 5.74) is 1.37. The molecule has 1 saturated carbocycles. The lowest BCUT2D eigenvalue weighted by Gasteiger charge is -2.48. The average Bonchev–Trinajstić information content (AvgIpc) is 2.42. The molecular weight excluding hydrogens is 238 g/mol. The number of fused-ring (bicyclic) bond motifs is 1. The molecule has 1 N–H and O–H groups in total. The molecule has 104 valence electrons. The second-order valence-electron chi connectivity index (χ2n) is 5.75. The topological polar surface area (TPSA) is 30.5 Å². The number of benzene rings is 1. The van der Waals surface area contributed by atoms with Crippen LogP contribution in [0.5, 0.6) is 11.5 Å². The Morgan fingerprint density at radius 1 is 1.42 bits per heavy atom. The zero-order chi connectivity index (χ0) is 13.3. The van der Waals surface area contributed by atoms with E-state index < -0.39 is 0 Å².